The lowest BCUT2D eigenvalue weighted by atomic mass is 10.4. The lowest BCUT2D eigenvalue weighted by molar-refractivity contribution is -0.145. The summed E-state index contributed by atoms with van der Waals surface area (Å²) in [6.45, 7) is 1.03. The van der Waals surface area contributed by atoms with Crippen LogP contribution in [-0.2, 0) is 13.9 Å². The van der Waals surface area contributed by atoms with Crippen LogP contribution in [0.4, 0.5) is 0 Å². The Bertz CT molecular complexity index is 170. The fraction of sp³-hybridized carbons (Fsp3) is 0.667. The van der Waals surface area contributed by atoms with Crippen molar-refractivity contribution >= 4 is 13.8 Å². The summed E-state index contributed by atoms with van der Waals surface area (Å²) in [5.74, 6) is -1.41. The van der Waals surface area contributed by atoms with E-state index in [1.54, 1.807) is 0 Å². The minimum absolute atomic E-state index is 1.03. The third kappa shape index (κ3) is 4.46. The second-order valence-corrected chi connectivity index (χ2v) is 2.77. The number of carboxylic acids is 1. The van der Waals surface area contributed by atoms with Crippen LogP contribution in [-0.4, -0.2) is 27.0 Å². The fourth-order valence-corrected chi connectivity index (χ4v) is 0.753. The summed E-state index contributed by atoms with van der Waals surface area (Å²) in [6.07, 6.45) is -1.49. The third-order valence-corrected chi connectivity index (χ3v) is 1.23. The van der Waals surface area contributed by atoms with Crippen LogP contribution in [0.15, 0.2) is 0 Å². The largest absolute Gasteiger partial charge is 0.479 e. The molecule has 6 nitrogen and oxygen atoms in total. The first-order chi connectivity index (χ1) is 4.33. The highest BCUT2D eigenvalue weighted by atomic mass is 31.2. The molecule has 0 aromatic carbocycles. The summed E-state index contributed by atoms with van der Waals surface area (Å²) in [5.41, 5.74) is 0. The van der Waals surface area contributed by atoms with Gasteiger partial charge in [-0.25, -0.2) is 9.36 Å². The molecule has 0 aliphatic carbocycles. The highest BCUT2D eigenvalue weighted by Gasteiger charge is 2.23. The van der Waals surface area contributed by atoms with Gasteiger partial charge in [0, 0.05) is 0 Å². The predicted molar refractivity (Wildman–Crippen MR) is 30.2 cm³/mol. The highest BCUT2D eigenvalue weighted by Crippen LogP contribution is 2.37. The van der Waals surface area contributed by atoms with Crippen molar-refractivity contribution in [1.29, 1.82) is 0 Å². The number of phosphoric ester groups is 1. The number of hydrogen-bond donors (Lipinski definition) is 3. The zero-order chi connectivity index (χ0) is 8.36. The van der Waals surface area contributed by atoms with Crippen molar-refractivity contribution in [2.75, 3.05) is 0 Å². The van der Waals surface area contributed by atoms with E-state index >= 15 is 0 Å². The van der Waals surface area contributed by atoms with Gasteiger partial charge in [0.15, 0.2) is 6.10 Å². The fourth-order valence-electron chi connectivity index (χ4n) is 0.251. The number of aliphatic carboxylic acids is 1. The molecule has 60 valence electrons. The quantitative estimate of drug-likeness (QED) is 0.496. The van der Waals surface area contributed by atoms with E-state index in [1.165, 1.54) is 0 Å². The first-order valence-corrected chi connectivity index (χ1v) is 3.82. The van der Waals surface area contributed by atoms with Gasteiger partial charge in [-0.05, 0) is 6.92 Å². The molecule has 0 heterocycles. The van der Waals surface area contributed by atoms with E-state index in [-0.39, 0.29) is 0 Å². The first kappa shape index (κ1) is 9.58. The van der Waals surface area contributed by atoms with Crippen LogP contribution >= 0.6 is 7.82 Å². The molecular weight excluding hydrogens is 163 g/mol. The molecule has 0 aliphatic rings. The second kappa shape index (κ2) is 3.12. The molecule has 0 rings (SSSR count). The van der Waals surface area contributed by atoms with E-state index in [1.807, 2.05) is 0 Å². The molecule has 1 atom stereocenters. The smallest absolute Gasteiger partial charge is 0.470 e. The number of hydrogen-bond acceptors (Lipinski definition) is 3. The zero-order valence-electron chi connectivity index (χ0n) is 5.09. The summed E-state index contributed by atoms with van der Waals surface area (Å²) in [5, 5.41) is 8.08. The van der Waals surface area contributed by atoms with Gasteiger partial charge < -0.3 is 14.9 Å². The first-order valence-electron chi connectivity index (χ1n) is 2.29. The van der Waals surface area contributed by atoms with Crippen molar-refractivity contribution in [3.05, 3.63) is 0 Å². The van der Waals surface area contributed by atoms with E-state index < -0.39 is 19.9 Å². The van der Waals surface area contributed by atoms with Gasteiger partial charge in [0.25, 0.3) is 0 Å². The van der Waals surface area contributed by atoms with Crippen LogP contribution in [0.2, 0.25) is 0 Å². The normalized spacial score (nSPS) is 14.7. The lowest BCUT2D eigenvalue weighted by Gasteiger charge is -2.07. The summed E-state index contributed by atoms with van der Waals surface area (Å²) >= 11 is 0. The van der Waals surface area contributed by atoms with Gasteiger partial charge in [-0.3, -0.25) is 4.52 Å². The van der Waals surface area contributed by atoms with E-state index in [0.717, 1.165) is 6.92 Å². The summed E-state index contributed by atoms with van der Waals surface area (Å²) in [7, 11) is -4.66. The van der Waals surface area contributed by atoms with Gasteiger partial charge in [0.05, 0.1) is 0 Å². The Morgan fingerprint density at radius 2 is 2.00 bits per heavy atom. The third-order valence-electron chi connectivity index (χ3n) is 0.643. The average Bonchev–Trinajstić information content (AvgIpc) is 1.60. The Hall–Kier alpha value is -0.420. The maximum atomic E-state index is 9.96. The van der Waals surface area contributed by atoms with Gasteiger partial charge in [-0.2, -0.15) is 0 Å². The molecule has 0 aromatic heterocycles. The van der Waals surface area contributed by atoms with Crippen LogP contribution in [0, 0.1) is 0 Å². The maximum Gasteiger partial charge on any atom is 0.470 e. The molecule has 0 bridgehead atoms. The minimum Gasteiger partial charge on any atom is -0.479 e. The van der Waals surface area contributed by atoms with E-state index in [2.05, 4.69) is 4.52 Å². The van der Waals surface area contributed by atoms with Crippen molar-refractivity contribution in [2.45, 2.75) is 13.0 Å². The van der Waals surface area contributed by atoms with Crippen molar-refractivity contribution in [3.63, 3.8) is 0 Å². The molecule has 7 heteroatoms. The number of rotatable bonds is 3. The molecule has 0 aromatic rings. The van der Waals surface area contributed by atoms with Gasteiger partial charge in [0.2, 0.25) is 0 Å². The SMILES string of the molecule is C[C@@H](OP(=O)(O)O)C(=O)O. The molecule has 0 amide bonds. The van der Waals surface area contributed by atoms with Gasteiger partial charge in [-0.15, -0.1) is 0 Å². The van der Waals surface area contributed by atoms with Crippen LogP contribution in [0.25, 0.3) is 0 Å². The van der Waals surface area contributed by atoms with Gasteiger partial charge in [0.1, 0.15) is 0 Å². The lowest BCUT2D eigenvalue weighted by Crippen LogP contribution is -2.18. The minimum atomic E-state index is -4.66. The molecular formula is C3H7O6P. The number of carbonyl (C=O) groups is 1. The summed E-state index contributed by atoms with van der Waals surface area (Å²) in [4.78, 5) is 26.0. The topological polar surface area (TPSA) is 104 Å². The second-order valence-electron chi connectivity index (χ2n) is 1.58. The monoisotopic (exact) mass is 170 g/mol. The van der Waals surface area contributed by atoms with Crippen molar-refractivity contribution < 1.29 is 28.8 Å². The Morgan fingerprint density at radius 1 is 1.60 bits per heavy atom. The number of phosphoric acid groups is 1. The van der Waals surface area contributed by atoms with Crippen LogP contribution in [0.1, 0.15) is 6.92 Å². The molecule has 0 fully saturated rings. The predicted octanol–water partition coefficient (Wildman–Crippen LogP) is -0.431. The van der Waals surface area contributed by atoms with E-state index in [9.17, 15) is 9.36 Å². The molecule has 0 spiro atoms. The van der Waals surface area contributed by atoms with E-state index in [4.69, 9.17) is 14.9 Å². The average molecular weight is 170 g/mol. The molecule has 3 N–H and O–H groups in total. The van der Waals surface area contributed by atoms with Crippen molar-refractivity contribution in [1.82, 2.24) is 0 Å². The van der Waals surface area contributed by atoms with Crippen LogP contribution < -0.4 is 0 Å². The van der Waals surface area contributed by atoms with Crippen molar-refractivity contribution in [2.24, 2.45) is 0 Å². The zero-order valence-corrected chi connectivity index (χ0v) is 5.99. The van der Waals surface area contributed by atoms with Crippen LogP contribution in [0.5, 0.6) is 0 Å². The molecule has 10 heavy (non-hydrogen) atoms. The van der Waals surface area contributed by atoms with Gasteiger partial charge >= 0.3 is 13.8 Å². The molecule has 0 saturated heterocycles. The maximum absolute atomic E-state index is 9.96. The van der Waals surface area contributed by atoms with Crippen LogP contribution in [0.3, 0.4) is 0 Å². The Labute approximate surface area is 56.7 Å². The Kier molecular flexibility index (Phi) is 2.98. The van der Waals surface area contributed by atoms with E-state index in [0.29, 0.717) is 0 Å². The molecule has 0 saturated carbocycles. The summed E-state index contributed by atoms with van der Waals surface area (Å²) in [6, 6.07) is 0. The molecule has 0 aliphatic heterocycles. The molecule has 0 radical (unpaired) electrons. The molecule has 0 unspecified atom stereocenters. The number of carboxylic acid groups (broad SMARTS) is 1. The van der Waals surface area contributed by atoms with Gasteiger partial charge in [-0.1, -0.05) is 0 Å². The Balaban J connectivity index is 3.93. The standard InChI is InChI=1S/C3H7O6P/c1-2(3(4)5)9-10(6,7)8/h2H,1H3,(H,4,5)(H2,6,7,8)/t2-/m1/s1. The van der Waals surface area contributed by atoms with Crippen molar-refractivity contribution in [3.8, 4) is 0 Å². The summed E-state index contributed by atoms with van der Waals surface area (Å²) < 4.78 is 13.7. The highest BCUT2D eigenvalue weighted by molar-refractivity contribution is 7.46. The Morgan fingerprint density at radius 3 is 2.10 bits per heavy atom.